The van der Waals surface area contributed by atoms with E-state index in [1.54, 1.807) is 18.2 Å². The number of aliphatic hydroxyl groups excluding tert-OH is 1. The summed E-state index contributed by atoms with van der Waals surface area (Å²) < 4.78 is 28.2. The number of carbonyl (C=O) groups is 2. The van der Waals surface area contributed by atoms with Crippen molar-refractivity contribution in [2.75, 3.05) is 13.1 Å². The summed E-state index contributed by atoms with van der Waals surface area (Å²) >= 11 is 0. The van der Waals surface area contributed by atoms with Crippen molar-refractivity contribution in [3.05, 3.63) is 66.2 Å². The lowest BCUT2D eigenvalue weighted by Crippen LogP contribution is -2.53. The van der Waals surface area contributed by atoms with E-state index in [2.05, 4.69) is 5.32 Å². The normalized spacial score (nSPS) is 14.8. The van der Waals surface area contributed by atoms with Crippen LogP contribution in [0.2, 0.25) is 0 Å². The van der Waals surface area contributed by atoms with Crippen LogP contribution in [-0.4, -0.2) is 60.0 Å². The highest BCUT2D eigenvalue weighted by Gasteiger charge is 2.40. The summed E-state index contributed by atoms with van der Waals surface area (Å²) in [4.78, 5) is 24.9. The van der Waals surface area contributed by atoms with Crippen LogP contribution in [0.3, 0.4) is 0 Å². The predicted octanol–water partition coefficient (Wildman–Crippen LogP) is 3.56. The van der Waals surface area contributed by atoms with Crippen LogP contribution in [0, 0.1) is 17.3 Å². The van der Waals surface area contributed by atoms with Gasteiger partial charge in [-0.15, -0.1) is 0 Å². The van der Waals surface area contributed by atoms with Crippen molar-refractivity contribution in [2.45, 2.75) is 64.5 Å². The molecular weight excluding hydrogens is 492 g/mol. The van der Waals surface area contributed by atoms with Gasteiger partial charge in [-0.05, 0) is 50.3 Å². The van der Waals surface area contributed by atoms with Gasteiger partial charge in [-0.3, -0.25) is 9.59 Å². The molecule has 0 saturated heterocycles. The summed E-state index contributed by atoms with van der Waals surface area (Å²) in [6.45, 7) is 8.45. The van der Waals surface area contributed by atoms with Crippen molar-refractivity contribution in [1.29, 1.82) is 0 Å². The van der Waals surface area contributed by atoms with E-state index in [1.807, 2.05) is 44.2 Å². The Morgan fingerprint density at radius 1 is 0.973 bits per heavy atom. The minimum atomic E-state index is -3.89. The first-order chi connectivity index (χ1) is 17.3. The molecule has 0 radical (unpaired) electrons. The first-order valence-electron chi connectivity index (χ1n) is 12.6. The number of carboxylic acids is 1. The second kappa shape index (κ2) is 13.2. The summed E-state index contributed by atoms with van der Waals surface area (Å²) in [6, 6.07) is 16.5. The SMILES string of the molecule is CC(C)CCN(C[C@@H](O)[C@@H](Cc1ccccc1)NC(=O)C(C)C(C)(C)C(=O)O)S(=O)(=O)c1ccccc1. The van der Waals surface area contributed by atoms with Gasteiger partial charge in [0.15, 0.2) is 0 Å². The van der Waals surface area contributed by atoms with Crippen molar-refractivity contribution >= 4 is 21.9 Å². The first kappa shape index (κ1) is 30.5. The van der Waals surface area contributed by atoms with Crippen molar-refractivity contribution in [3.8, 4) is 0 Å². The van der Waals surface area contributed by atoms with E-state index in [0.717, 1.165) is 5.56 Å². The number of aliphatic carboxylic acids is 1. The quantitative estimate of drug-likeness (QED) is 0.342. The number of hydrogen-bond donors (Lipinski definition) is 3. The first-order valence-corrected chi connectivity index (χ1v) is 14.0. The maximum atomic E-state index is 13.5. The number of rotatable bonds is 14. The molecule has 3 atom stereocenters. The molecule has 0 saturated carbocycles. The number of hydrogen-bond acceptors (Lipinski definition) is 5. The third-order valence-electron chi connectivity index (χ3n) is 6.85. The Labute approximate surface area is 220 Å². The van der Waals surface area contributed by atoms with E-state index >= 15 is 0 Å². The number of carboxylic acid groups (broad SMARTS) is 1. The molecule has 1 unspecified atom stereocenters. The topological polar surface area (TPSA) is 124 Å². The Morgan fingerprint density at radius 3 is 2.03 bits per heavy atom. The number of aliphatic hydroxyl groups is 1. The molecule has 1 amide bonds. The number of carbonyl (C=O) groups excluding carboxylic acids is 1. The van der Waals surface area contributed by atoms with Gasteiger partial charge in [-0.2, -0.15) is 4.31 Å². The Hall–Kier alpha value is -2.75. The van der Waals surface area contributed by atoms with Crippen molar-refractivity contribution < 1.29 is 28.2 Å². The second-order valence-electron chi connectivity index (χ2n) is 10.5. The fourth-order valence-corrected chi connectivity index (χ4v) is 5.26. The zero-order chi connectivity index (χ0) is 27.8. The molecule has 9 heteroatoms. The van der Waals surface area contributed by atoms with Gasteiger partial charge in [-0.25, -0.2) is 8.42 Å². The Morgan fingerprint density at radius 2 is 1.51 bits per heavy atom. The Kier molecular flexibility index (Phi) is 10.8. The molecule has 37 heavy (non-hydrogen) atoms. The number of nitrogens with one attached hydrogen (secondary N) is 1. The van der Waals surface area contributed by atoms with Crippen molar-refractivity contribution in [1.82, 2.24) is 9.62 Å². The third-order valence-corrected chi connectivity index (χ3v) is 8.72. The lowest BCUT2D eigenvalue weighted by molar-refractivity contribution is -0.153. The second-order valence-corrected chi connectivity index (χ2v) is 12.4. The van der Waals surface area contributed by atoms with Gasteiger partial charge < -0.3 is 15.5 Å². The van der Waals surface area contributed by atoms with E-state index in [9.17, 15) is 28.2 Å². The van der Waals surface area contributed by atoms with Crippen LogP contribution in [-0.2, 0) is 26.0 Å². The van der Waals surface area contributed by atoms with Gasteiger partial charge in [0.25, 0.3) is 0 Å². The van der Waals surface area contributed by atoms with Crippen LogP contribution in [0.4, 0.5) is 0 Å². The molecule has 2 aromatic rings. The van der Waals surface area contributed by atoms with Gasteiger partial charge in [0.05, 0.1) is 28.4 Å². The number of nitrogens with zero attached hydrogens (tertiary/aromatic N) is 1. The zero-order valence-electron chi connectivity index (χ0n) is 22.3. The number of benzene rings is 2. The number of sulfonamides is 1. The molecule has 0 aliphatic heterocycles. The number of amides is 1. The fraction of sp³-hybridized carbons (Fsp3) is 0.500. The molecule has 2 rings (SSSR count). The lowest BCUT2D eigenvalue weighted by Gasteiger charge is -2.32. The largest absolute Gasteiger partial charge is 0.481 e. The summed E-state index contributed by atoms with van der Waals surface area (Å²) in [5.74, 6) is -2.28. The van der Waals surface area contributed by atoms with E-state index in [1.165, 1.54) is 37.2 Å². The summed E-state index contributed by atoms with van der Waals surface area (Å²) in [6.07, 6.45) is -0.398. The smallest absolute Gasteiger partial charge is 0.309 e. The van der Waals surface area contributed by atoms with E-state index in [0.29, 0.717) is 6.42 Å². The van der Waals surface area contributed by atoms with Gasteiger partial charge >= 0.3 is 5.97 Å². The van der Waals surface area contributed by atoms with E-state index in [4.69, 9.17) is 0 Å². The molecule has 2 aromatic carbocycles. The van der Waals surface area contributed by atoms with E-state index in [-0.39, 0.29) is 30.3 Å². The summed E-state index contributed by atoms with van der Waals surface area (Å²) in [5.41, 5.74) is -0.483. The van der Waals surface area contributed by atoms with Gasteiger partial charge in [0, 0.05) is 13.1 Å². The van der Waals surface area contributed by atoms with Crippen LogP contribution in [0.25, 0.3) is 0 Å². The molecule has 0 bridgehead atoms. The monoisotopic (exact) mass is 532 g/mol. The Balaban J connectivity index is 2.35. The standard InChI is InChI=1S/C28H40N2O6S/c1-20(2)16-17-30(37(35,36)23-14-10-7-11-15-23)19-25(31)24(18-22-12-8-6-9-13-22)29-26(32)21(3)28(4,5)27(33)34/h6-15,20-21,24-25,31H,16-19H2,1-5H3,(H,29,32)(H,33,34)/t21?,24-,25-/m1/s1. The molecule has 0 heterocycles. The van der Waals surface area contributed by atoms with Crippen molar-refractivity contribution in [2.24, 2.45) is 17.3 Å². The predicted molar refractivity (Wildman–Crippen MR) is 143 cm³/mol. The average Bonchev–Trinajstić information content (AvgIpc) is 2.86. The van der Waals surface area contributed by atoms with Crippen LogP contribution in [0.5, 0.6) is 0 Å². The molecule has 0 spiro atoms. The fourth-order valence-electron chi connectivity index (χ4n) is 3.76. The van der Waals surface area contributed by atoms with Gasteiger partial charge in [0.2, 0.25) is 15.9 Å². The maximum Gasteiger partial charge on any atom is 0.309 e. The molecule has 8 nitrogen and oxygen atoms in total. The van der Waals surface area contributed by atoms with Crippen LogP contribution >= 0.6 is 0 Å². The summed E-state index contributed by atoms with van der Waals surface area (Å²) in [7, 11) is -3.89. The Bertz CT molecular complexity index is 1120. The minimum Gasteiger partial charge on any atom is -0.481 e. The molecule has 3 N–H and O–H groups in total. The molecular formula is C28H40N2O6S. The highest BCUT2D eigenvalue weighted by atomic mass is 32.2. The molecule has 0 aliphatic carbocycles. The van der Waals surface area contributed by atoms with Crippen LogP contribution < -0.4 is 5.32 Å². The third kappa shape index (κ3) is 8.38. The molecule has 0 fully saturated rings. The van der Waals surface area contributed by atoms with Crippen molar-refractivity contribution in [3.63, 3.8) is 0 Å². The lowest BCUT2D eigenvalue weighted by atomic mass is 9.79. The maximum absolute atomic E-state index is 13.5. The highest BCUT2D eigenvalue weighted by molar-refractivity contribution is 7.89. The van der Waals surface area contributed by atoms with Crippen LogP contribution in [0.1, 0.15) is 46.6 Å². The molecule has 0 aliphatic rings. The van der Waals surface area contributed by atoms with E-state index < -0.39 is 45.4 Å². The molecule has 0 aromatic heterocycles. The average molecular weight is 533 g/mol. The van der Waals surface area contributed by atoms with Crippen LogP contribution in [0.15, 0.2) is 65.6 Å². The molecule has 204 valence electrons. The zero-order valence-corrected chi connectivity index (χ0v) is 23.1. The summed E-state index contributed by atoms with van der Waals surface area (Å²) in [5, 5.41) is 23.7. The van der Waals surface area contributed by atoms with Gasteiger partial charge in [0.1, 0.15) is 0 Å². The van der Waals surface area contributed by atoms with Gasteiger partial charge in [-0.1, -0.05) is 69.3 Å². The highest BCUT2D eigenvalue weighted by Crippen LogP contribution is 2.27. The minimum absolute atomic E-state index is 0.131.